The number of nitrogens with zero attached hydrogens (tertiary/aromatic N) is 2. The van der Waals surface area contributed by atoms with Crippen molar-refractivity contribution < 1.29 is 4.79 Å². The lowest BCUT2D eigenvalue weighted by Gasteiger charge is -2.07. The molecule has 2 rings (SSSR count). The molecule has 0 saturated carbocycles. The Bertz CT molecular complexity index is 589. The molecule has 5 nitrogen and oxygen atoms in total. The maximum Gasteiger partial charge on any atom is 0.315 e. The Morgan fingerprint density at radius 2 is 1.90 bits per heavy atom. The van der Waals surface area contributed by atoms with Crippen LogP contribution in [0.15, 0.2) is 30.3 Å². The Balaban J connectivity index is 2.19. The van der Waals surface area contributed by atoms with Gasteiger partial charge in [0.25, 0.3) is 0 Å². The van der Waals surface area contributed by atoms with Crippen LogP contribution in [0.25, 0.3) is 5.69 Å². The van der Waals surface area contributed by atoms with E-state index < -0.39 is 0 Å². The van der Waals surface area contributed by atoms with Gasteiger partial charge in [-0.05, 0) is 32.9 Å². The molecule has 0 radical (unpaired) electrons. The van der Waals surface area contributed by atoms with E-state index in [4.69, 9.17) is 0 Å². The molecule has 0 aliphatic carbocycles. The molecule has 2 amide bonds. The molecule has 0 bridgehead atoms. The van der Waals surface area contributed by atoms with Gasteiger partial charge >= 0.3 is 6.03 Å². The van der Waals surface area contributed by atoms with E-state index in [0.717, 1.165) is 22.6 Å². The first-order valence-corrected chi connectivity index (χ1v) is 6.75. The monoisotopic (exact) mass is 272 g/mol. The van der Waals surface area contributed by atoms with Crippen molar-refractivity contribution >= 4 is 6.03 Å². The van der Waals surface area contributed by atoms with E-state index in [9.17, 15) is 4.79 Å². The number of benzene rings is 1. The van der Waals surface area contributed by atoms with Gasteiger partial charge in [-0.1, -0.05) is 18.2 Å². The summed E-state index contributed by atoms with van der Waals surface area (Å²) in [6.07, 6.45) is 0. The second-order valence-electron chi connectivity index (χ2n) is 4.61. The van der Waals surface area contributed by atoms with Crippen molar-refractivity contribution in [3.63, 3.8) is 0 Å². The third-order valence-electron chi connectivity index (χ3n) is 3.20. The molecular weight excluding hydrogens is 252 g/mol. The number of hydrogen-bond acceptors (Lipinski definition) is 2. The Kier molecular flexibility index (Phi) is 4.40. The van der Waals surface area contributed by atoms with Crippen LogP contribution in [-0.4, -0.2) is 22.4 Å². The smallest absolute Gasteiger partial charge is 0.315 e. The molecule has 0 aliphatic rings. The minimum Gasteiger partial charge on any atom is -0.338 e. The maximum absolute atomic E-state index is 11.5. The van der Waals surface area contributed by atoms with Crippen LogP contribution in [0.5, 0.6) is 0 Å². The highest BCUT2D eigenvalue weighted by atomic mass is 16.2. The molecule has 20 heavy (non-hydrogen) atoms. The van der Waals surface area contributed by atoms with Crippen molar-refractivity contribution in [1.29, 1.82) is 0 Å². The second-order valence-corrected chi connectivity index (χ2v) is 4.61. The molecule has 0 spiro atoms. The molecular formula is C15H20N4O. The average molecular weight is 272 g/mol. The highest BCUT2D eigenvalue weighted by Crippen LogP contribution is 2.17. The highest BCUT2D eigenvalue weighted by Gasteiger charge is 2.13. The van der Waals surface area contributed by atoms with Crippen LogP contribution in [-0.2, 0) is 6.54 Å². The van der Waals surface area contributed by atoms with E-state index in [2.05, 4.69) is 15.7 Å². The Morgan fingerprint density at radius 3 is 2.55 bits per heavy atom. The molecule has 0 aliphatic heterocycles. The maximum atomic E-state index is 11.5. The number of aromatic nitrogens is 2. The van der Waals surface area contributed by atoms with Crippen LogP contribution >= 0.6 is 0 Å². The number of aryl methyl sites for hydroxylation is 1. The van der Waals surface area contributed by atoms with Gasteiger partial charge in [-0.15, -0.1) is 0 Å². The highest BCUT2D eigenvalue weighted by molar-refractivity contribution is 5.73. The van der Waals surface area contributed by atoms with Crippen molar-refractivity contribution in [2.75, 3.05) is 6.54 Å². The second kappa shape index (κ2) is 6.23. The van der Waals surface area contributed by atoms with E-state index >= 15 is 0 Å². The molecule has 0 unspecified atom stereocenters. The number of carbonyl (C=O) groups is 1. The summed E-state index contributed by atoms with van der Waals surface area (Å²) in [5, 5.41) is 10.1. The average Bonchev–Trinajstić information content (AvgIpc) is 2.73. The van der Waals surface area contributed by atoms with Gasteiger partial charge in [0.1, 0.15) is 0 Å². The third kappa shape index (κ3) is 2.99. The van der Waals surface area contributed by atoms with Gasteiger partial charge in [0.05, 0.1) is 11.4 Å². The predicted molar refractivity (Wildman–Crippen MR) is 79.0 cm³/mol. The number of nitrogens with one attached hydrogen (secondary N) is 2. The lowest BCUT2D eigenvalue weighted by Crippen LogP contribution is -2.34. The Morgan fingerprint density at radius 1 is 1.20 bits per heavy atom. The van der Waals surface area contributed by atoms with Crippen molar-refractivity contribution in [2.24, 2.45) is 0 Å². The molecule has 5 heteroatoms. The van der Waals surface area contributed by atoms with Crippen molar-refractivity contribution in [1.82, 2.24) is 20.4 Å². The van der Waals surface area contributed by atoms with Crippen LogP contribution in [0.4, 0.5) is 4.79 Å². The summed E-state index contributed by atoms with van der Waals surface area (Å²) in [6.45, 7) is 6.97. The zero-order valence-electron chi connectivity index (χ0n) is 12.1. The SMILES string of the molecule is CCNC(=O)NCc1c(C)nn(-c2ccccc2)c1C. The fourth-order valence-corrected chi connectivity index (χ4v) is 2.14. The van der Waals surface area contributed by atoms with Gasteiger partial charge in [0.2, 0.25) is 0 Å². The molecule has 0 saturated heterocycles. The van der Waals surface area contributed by atoms with E-state index in [1.807, 2.05) is 55.8 Å². The topological polar surface area (TPSA) is 59.0 Å². The summed E-state index contributed by atoms with van der Waals surface area (Å²) in [7, 11) is 0. The van der Waals surface area contributed by atoms with Crippen molar-refractivity contribution in [3.8, 4) is 5.69 Å². The quantitative estimate of drug-likeness (QED) is 0.897. The lowest BCUT2D eigenvalue weighted by atomic mass is 10.2. The Labute approximate surface area is 119 Å². The predicted octanol–water partition coefficient (Wildman–Crippen LogP) is 2.31. The molecule has 2 aromatic rings. The third-order valence-corrected chi connectivity index (χ3v) is 3.20. The first-order chi connectivity index (χ1) is 9.63. The lowest BCUT2D eigenvalue weighted by molar-refractivity contribution is 0.241. The van der Waals surface area contributed by atoms with Crippen LogP contribution in [0, 0.1) is 13.8 Å². The molecule has 0 fully saturated rings. The number of para-hydroxylation sites is 1. The number of amides is 2. The molecule has 1 aromatic heterocycles. The number of rotatable bonds is 4. The number of urea groups is 1. The van der Waals surface area contributed by atoms with Crippen LogP contribution < -0.4 is 10.6 Å². The zero-order valence-corrected chi connectivity index (χ0v) is 12.1. The minimum atomic E-state index is -0.154. The molecule has 2 N–H and O–H groups in total. The van der Waals surface area contributed by atoms with Gasteiger partial charge in [0.15, 0.2) is 0 Å². The molecule has 0 atom stereocenters. The summed E-state index contributed by atoms with van der Waals surface area (Å²) >= 11 is 0. The van der Waals surface area contributed by atoms with Crippen LogP contribution in [0.1, 0.15) is 23.9 Å². The summed E-state index contributed by atoms with van der Waals surface area (Å²) in [4.78, 5) is 11.5. The Hall–Kier alpha value is -2.30. The summed E-state index contributed by atoms with van der Waals surface area (Å²) in [5.41, 5.74) is 4.06. The zero-order chi connectivity index (χ0) is 14.5. The fourth-order valence-electron chi connectivity index (χ4n) is 2.14. The molecule has 1 heterocycles. The first-order valence-electron chi connectivity index (χ1n) is 6.75. The van der Waals surface area contributed by atoms with Gasteiger partial charge in [-0.25, -0.2) is 9.48 Å². The normalized spacial score (nSPS) is 10.3. The summed E-state index contributed by atoms with van der Waals surface area (Å²) in [6, 6.07) is 9.82. The standard InChI is InChI=1S/C15H20N4O/c1-4-16-15(20)17-10-14-11(2)18-19(12(14)3)13-8-6-5-7-9-13/h5-9H,4,10H2,1-3H3,(H2,16,17,20). The van der Waals surface area contributed by atoms with Gasteiger partial charge in [-0.2, -0.15) is 5.10 Å². The van der Waals surface area contributed by atoms with Crippen LogP contribution in [0.2, 0.25) is 0 Å². The first kappa shape index (κ1) is 14.1. The van der Waals surface area contributed by atoms with E-state index in [1.165, 1.54) is 0 Å². The number of hydrogen-bond donors (Lipinski definition) is 2. The largest absolute Gasteiger partial charge is 0.338 e. The van der Waals surface area contributed by atoms with Crippen LogP contribution in [0.3, 0.4) is 0 Å². The van der Waals surface area contributed by atoms with Gasteiger partial charge in [-0.3, -0.25) is 0 Å². The molecule has 106 valence electrons. The van der Waals surface area contributed by atoms with Crippen molar-refractivity contribution in [2.45, 2.75) is 27.3 Å². The van der Waals surface area contributed by atoms with Crippen molar-refractivity contribution in [3.05, 3.63) is 47.3 Å². The molecule has 1 aromatic carbocycles. The number of carbonyl (C=O) groups excluding carboxylic acids is 1. The van der Waals surface area contributed by atoms with E-state index in [-0.39, 0.29) is 6.03 Å². The minimum absolute atomic E-state index is 0.154. The van der Waals surface area contributed by atoms with Gasteiger partial charge < -0.3 is 10.6 Å². The summed E-state index contributed by atoms with van der Waals surface area (Å²) in [5.74, 6) is 0. The van der Waals surface area contributed by atoms with E-state index in [0.29, 0.717) is 13.1 Å². The van der Waals surface area contributed by atoms with Gasteiger partial charge in [0, 0.05) is 24.3 Å². The van der Waals surface area contributed by atoms with E-state index in [1.54, 1.807) is 0 Å². The fraction of sp³-hybridized carbons (Fsp3) is 0.333. The summed E-state index contributed by atoms with van der Waals surface area (Å²) < 4.78 is 1.91.